The minimum absolute atomic E-state index is 0.0847. The van der Waals surface area contributed by atoms with Crippen molar-refractivity contribution >= 4 is 22.5 Å². The highest BCUT2D eigenvalue weighted by Crippen LogP contribution is 2.29. The molecule has 0 radical (unpaired) electrons. The van der Waals surface area contributed by atoms with Gasteiger partial charge in [0.25, 0.3) is 0 Å². The van der Waals surface area contributed by atoms with Crippen molar-refractivity contribution in [3.63, 3.8) is 0 Å². The summed E-state index contributed by atoms with van der Waals surface area (Å²) in [4.78, 5) is 19.9. The smallest absolute Gasteiger partial charge is 0.201 e. The monoisotopic (exact) mass is 365 g/mol. The van der Waals surface area contributed by atoms with Crippen molar-refractivity contribution < 1.29 is 18.7 Å². The van der Waals surface area contributed by atoms with Gasteiger partial charge in [0.05, 0.1) is 11.3 Å². The Morgan fingerprint density at radius 2 is 1.81 bits per heavy atom. The predicted octanol–water partition coefficient (Wildman–Crippen LogP) is 4.03. The number of H-pyrrole nitrogens is 1. The third-order valence-corrected chi connectivity index (χ3v) is 4.32. The number of nitrogen functional groups attached to an aromatic ring is 1. The molecule has 0 aliphatic rings. The average molecular weight is 365 g/mol. The zero-order chi connectivity index (χ0) is 19.1. The van der Waals surface area contributed by atoms with Crippen LogP contribution in [0.2, 0.25) is 0 Å². The number of benzene rings is 2. The highest BCUT2D eigenvalue weighted by atomic mass is 19.1. The summed E-state index contributed by atoms with van der Waals surface area (Å²) in [6.45, 7) is 0. The van der Waals surface area contributed by atoms with Gasteiger partial charge in [-0.2, -0.15) is 0 Å². The predicted molar refractivity (Wildman–Crippen MR) is 97.4 cm³/mol. The molecule has 5 nitrogen and oxygen atoms in total. The van der Waals surface area contributed by atoms with Crippen LogP contribution in [-0.2, 0) is 0 Å². The van der Waals surface area contributed by atoms with E-state index >= 15 is 0 Å². The Balaban J connectivity index is 1.86. The number of nitrogens with zero attached hydrogens (tertiary/aromatic N) is 1. The van der Waals surface area contributed by atoms with Gasteiger partial charge in [-0.3, -0.25) is 4.79 Å². The first kappa shape index (κ1) is 16.7. The fourth-order valence-electron chi connectivity index (χ4n) is 2.91. The maximum Gasteiger partial charge on any atom is 0.201 e. The van der Waals surface area contributed by atoms with Crippen LogP contribution in [0.25, 0.3) is 22.2 Å². The average Bonchev–Trinajstić information content (AvgIpc) is 3.09. The Labute approximate surface area is 152 Å². The summed E-state index contributed by atoms with van der Waals surface area (Å²) in [6.07, 6.45) is 2.96. The van der Waals surface area contributed by atoms with Gasteiger partial charge in [0, 0.05) is 28.9 Å². The second-order valence-corrected chi connectivity index (χ2v) is 6.02. The van der Waals surface area contributed by atoms with Gasteiger partial charge in [-0.25, -0.2) is 13.8 Å². The molecule has 0 saturated heterocycles. The lowest BCUT2D eigenvalue weighted by Crippen LogP contribution is -2.09. The molecule has 2 aromatic heterocycles. The van der Waals surface area contributed by atoms with Crippen LogP contribution in [0.5, 0.6) is 5.75 Å². The van der Waals surface area contributed by atoms with E-state index in [1.165, 1.54) is 18.3 Å². The number of aromatic nitrogens is 2. The SMILES string of the molecule is Nc1ccc(F)c(C(=O)c2c[nH]c3ncc(-c4ccc(O)cc4)cc23)c1F. The summed E-state index contributed by atoms with van der Waals surface area (Å²) >= 11 is 0. The number of anilines is 1. The van der Waals surface area contributed by atoms with Crippen molar-refractivity contribution in [3.05, 3.63) is 77.6 Å². The number of nitrogens with two attached hydrogens (primary N) is 1. The summed E-state index contributed by atoms with van der Waals surface area (Å²) in [5.74, 6) is -2.77. The molecule has 0 aliphatic carbocycles. The lowest BCUT2D eigenvalue weighted by molar-refractivity contribution is 0.103. The van der Waals surface area contributed by atoms with E-state index in [2.05, 4.69) is 9.97 Å². The van der Waals surface area contributed by atoms with Crippen LogP contribution in [0.3, 0.4) is 0 Å². The quantitative estimate of drug-likeness (QED) is 0.378. The second-order valence-electron chi connectivity index (χ2n) is 6.02. The molecule has 4 N–H and O–H groups in total. The number of halogens is 2. The van der Waals surface area contributed by atoms with Crippen molar-refractivity contribution in [3.8, 4) is 16.9 Å². The minimum atomic E-state index is -1.09. The maximum absolute atomic E-state index is 14.3. The molecular weight excluding hydrogens is 352 g/mol. The van der Waals surface area contributed by atoms with Crippen LogP contribution in [0, 0.1) is 11.6 Å². The number of hydrogen-bond donors (Lipinski definition) is 3. The molecule has 0 saturated carbocycles. The van der Waals surface area contributed by atoms with Crippen molar-refractivity contribution in [1.82, 2.24) is 9.97 Å². The zero-order valence-corrected chi connectivity index (χ0v) is 13.8. The van der Waals surface area contributed by atoms with Crippen molar-refractivity contribution in [2.45, 2.75) is 0 Å². The van der Waals surface area contributed by atoms with Crippen LogP contribution in [0.4, 0.5) is 14.5 Å². The largest absolute Gasteiger partial charge is 0.508 e. The van der Waals surface area contributed by atoms with Crippen molar-refractivity contribution in [2.24, 2.45) is 0 Å². The van der Waals surface area contributed by atoms with Gasteiger partial charge in [-0.15, -0.1) is 0 Å². The van der Waals surface area contributed by atoms with Gasteiger partial charge in [0.1, 0.15) is 17.2 Å². The number of fused-ring (bicyclic) bond motifs is 1. The number of aromatic amines is 1. The van der Waals surface area contributed by atoms with E-state index in [1.54, 1.807) is 24.4 Å². The topological polar surface area (TPSA) is 92.0 Å². The number of aromatic hydroxyl groups is 1. The molecule has 27 heavy (non-hydrogen) atoms. The first-order valence-corrected chi connectivity index (χ1v) is 8.00. The number of carbonyl (C=O) groups is 1. The summed E-state index contributed by atoms with van der Waals surface area (Å²) in [6, 6.07) is 10.2. The Morgan fingerprint density at radius 3 is 2.56 bits per heavy atom. The van der Waals surface area contributed by atoms with Gasteiger partial charge >= 0.3 is 0 Å². The number of nitrogens with one attached hydrogen (secondary N) is 1. The number of phenols is 1. The molecule has 0 atom stereocenters. The number of hydrogen-bond acceptors (Lipinski definition) is 4. The normalized spacial score (nSPS) is 11.0. The number of carbonyl (C=O) groups excluding carboxylic acids is 1. The molecule has 134 valence electrons. The van der Waals surface area contributed by atoms with Crippen LogP contribution < -0.4 is 5.73 Å². The van der Waals surface area contributed by atoms with Crippen LogP contribution in [0.1, 0.15) is 15.9 Å². The Hall–Kier alpha value is -3.74. The van der Waals surface area contributed by atoms with Gasteiger partial charge < -0.3 is 15.8 Å². The van der Waals surface area contributed by atoms with Gasteiger partial charge in [-0.05, 0) is 35.9 Å². The third kappa shape index (κ3) is 2.79. The fourth-order valence-corrected chi connectivity index (χ4v) is 2.91. The number of rotatable bonds is 3. The van der Waals surface area contributed by atoms with E-state index < -0.39 is 23.0 Å². The summed E-state index contributed by atoms with van der Waals surface area (Å²) < 4.78 is 28.3. The summed E-state index contributed by atoms with van der Waals surface area (Å²) in [7, 11) is 0. The maximum atomic E-state index is 14.3. The first-order chi connectivity index (χ1) is 13.0. The Kier molecular flexibility index (Phi) is 3.84. The molecule has 0 bridgehead atoms. The van der Waals surface area contributed by atoms with Crippen LogP contribution in [-0.4, -0.2) is 20.9 Å². The molecule has 2 heterocycles. The minimum Gasteiger partial charge on any atom is -0.508 e. The summed E-state index contributed by atoms with van der Waals surface area (Å²) in [5.41, 5.74) is 6.41. The van der Waals surface area contributed by atoms with E-state index in [4.69, 9.17) is 5.73 Å². The third-order valence-electron chi connectivity index (χ3n) is 4.32. The number of ketones is 1. The standard InChI is InChI=1S/C20H13F2N3O2/c21-15-5-6-16(23)18(22)17(15)19(27)14-9-25-20-13(14)7-11(8-24-20)10-1-3-12(26)4-2-10/h1-9,26H,23H2,(H,24,25). The van der Waals surface area contributed by atoms with E-state index in [0.717, 1.165) is 17.7 Å². The van der Waals surface area contributed by atoms with Gasteiger partial charge in [0.15, 0.2) is 5.82 Å². The molecule has 7 heteroatoms. The van der Waals surface area contributed by atoms with E-state index in [9.17, 15) is 18.7 Å². The molecular formula is C20H13F2N3O2. The van der Waals surface area contributed by atoms with Gasteiger partial charge in [0.2, 0.25) is 5.78 Å². The van der Waals surface area contributed by atoms with Gasteiger partial charge in [-0.1, -0.05) is 12.1 Å². The summed E-state index contributed by atoms with van der Waals surface area (Å²) in [5, 5.41) is 9.84. The highest BCUT2D eigenvalue weighted by Gasteiger charge is 2.23. The van der Waals surface area contributed by atoms with E-state index in [-0.39, 0.29) is 17.0 Å². The highest BCUT2D eigenvalue weighted by molar-refractivity contribution is 6.16. The second kappa shape index (κ2) is 6.21. The molecule has 0 unspecified atom stereocenters. The molecule has 0 amide bonds. The van der Waals surface area contributed by atoms with E-state index in [1.807, 2.05) is 0 Å². The Bertz CT molecular complexity index is 1180. The molecule has 0 aliphatic heterocycles. The Morgan fingerprint density at radius 1 is 1.07 bits per heavy atom. The molecule has 0 fully saturated rings. The fraction of sp³-hybridized carbons (Fsp3) is 0. The zero-order valence-electron chi connectivity index (χ0n) is 13.8. The molecule has 4 rings (SSSR count). The van der Waals surface area contributed by atoms with Crippen molar-refractivity contribution in [1.29, 1.82) is 0 Å². The van der Waals surface area contributed by atoms with Crippen molar-refractivity contribution in [2.75, 3.05) is 5.73 Å². The molecule has 0 spiro atoms. The lowest BCUT2D eigenvalue weighted by Gasteiger charge is -2.06. The van der Waals surface area contributed by atoms with Crippen LogP contribution in [0.15, 0.2) is 54.9 Å². The lowest BCUT2D eigenvalue weighted by atomic mass is 10.00. The first-order valence-electron chi connectivity index (χ1n) is 8.00. The van der Waals surface area contributed by atoms with Crippen LogP contribution >= 0.6 is 0 Å². The molecule has 4 aromatic rings. The number of pyridine rings is 1. The molecule has 2 aromatic carbocycles. The number of phenolic OH excluding ortho intramolecular Hbond substituents is 1. The van der Waals surface area contributed by atoms with E-state index in [0.29, 0.717) is 16.6 Å².